The van der Waals surface area contributed by atoms with Crippen molar-refractivity contribution in [2.24, 2.45) is 5.92 Å². The Balaban J connectivity index is 1.50. The van der Waals surface area contributed by atoms with Crippen LogP contribution >= 0.6 is 0 Å². The first-order valence-corrected chi connectivity index (χ1v) is 8.39. The third-order valence-electron chi connectivity index (χ3n) is 4.66. The van der Waals surface area contributed by atoms with Crippen LogP contribution in [0.4, 0.5) is 5.69 Å². The van der Waals surface area contributed by atoms with Crippen LogP contribution in [0.2, 0.25) is 0 Å². The highest BCUT2D eigenvalue weighted by molar-refractivity contribution is 5.97. The van der Waals surface area contributed by atoms with E-state index in [0.717, 1.165) is 29.2 Å². The zero-order valence-electron chi connectivity index (χ0n) is 13.6. The van der Waals surface area contributed by atoms with Crippen LogP contribution in [0.5, 0.6) is 11.5 Å². The van der Waals surface area contributed by atoms with Crippen molar-refractivity contribution in [3.8, 4) is 11.5 Å². The fourth-order valence-corrected chi connectivity index (χ4v) is 3.32. The van der Waals surface area contributed by atoms with Crippen molar-refractivity contribution < 1.29 is 14.3 Å². The van der Waals surface area contributed by atoms with E-state index in [2.05, 4.69) is 4.98 Å². The minimum Gasteiger partial charge on any atom is -0.486 e. The molecule has 124 valence electrons. The quantitative estimate of drug-likeness (QED) is 0.867. The number of amides is 1. The highest BCUT2D eigenvalue weighted by Gasteiger charge is 2.46. The molecule has 2 aliphatic rings. The van der Waals surface area contributed by atoms with Gasteiger partial charge in [0, 0.05) is 30.5 Å². The molecule has 24 heavy (non-hydrogen) atoms. The monoisotopic (exact) mass is 324 g/mol. The molecule has 0 unspecified atom stereocenters. The lowest BCUT2D eigenvalue weighted by Crippen LogP contribution is -2.32. The van der Waals surface area contributed by atoms with Crippen molar-refractivity contribution in [2.45, 2.75) is 19.3 Å². The maximum absolute atomic E-state index is 12.9. The molecule has 1 saturated carbocycles. The Morgan fingerprint density at radius 1 is 1.17 bits per heavy atom. The Bertz CT molecular complexity index is 748. The van der Waals surface area contributed by atoms with Gasteiger partial charge in [-0.1, -0.05) is 6.07 Å². The molecule has 1 aromatic carbocycles. The lowest BCUT2D eigenvalue weighted by molar-refractivity contribution is -0.119. The Morgan fingerprint density at radius 3 is 2.67 bits per heavy atom. The molecule has 1 aliphatic heterocycles. The van der Waals surface area contributed by atoms with E-state index in [-0.39, 0.29) is 17.7 Å². The molecule has 0 spiro atoms. The number of hydrogen-bond donors (Lipinski definition) is 0. The summed E-state index contributed by atoms with van der Waals surface area (Å²) >= 11 is 0. The van der Waals surface area contributed by atoms with E-state index in [1.165, 1.54) is 0 Å². The van der Waals surface area contributed by atoms with Gasteiger partial charge in [-0.25, -0.2) is 0 Å². The lowest BCUT2D eigenvalue weighted by atomic mass is 10.1. The number of aromatic nitrogens is 1. The average molecular weight is 324 g/mol. The van der Waals surface area contributed by atoms with E-state index in [4.69, 9.17) is 9.47 Å². The number of pyridine rings is 1. The van der Waals surface area contributed by atoms with Gasteiger partial charge in [-0.15, -0.1) is 0 Å². The van der Waals surface area contributed by atoms with Gasteiger partial charge in [0.1, 0.15) is 13.2 Å². The highest BCUT2D eigenvalue weighted by atomic mass is 16.6. The molecule has 5 nitrogen and oxygen atoms in total. The van der Waals surface area contributed by atoms with Gasteiger partial charge in [-0.3, -0.25) is 9.78 Å². The molecular formula is C19H20N2O3. The fourth-order valence-electron chi connectivity index (χ4n) is 3.32. The smallest absolute Gasteiger partial charge is 0.230 e. The molecule has 0 radical (unpaired) electrons. The number of rotatable bonds is 4. The van der Waals surface area contributed by atoms with Crippen LogP contribution in [0.3, 0.4) is 0 Å². The first-order valence-electron chi connectivity index (χ1n) is 8.39. The van der Waals surface area contributed by atoms with Crippen molar-refractivity contribution in [3.05, 3.63) is 48.3 Å². The molecule has 1 amide bonds. The van der Waals surface area contributed by atoms with Crippen molar-refractivity contribution in [2.75, 3.05) is 24.7 Å². The number of hydrogen-bond acceptors (Lipinski definition) is 4. The van der Waals surface area contributed by atoms with Gasteiger partial charge in [0.05, 0.1) is 0 Å². The molecule has 0 N–H and O–H groups in total. The van der Waals surface area contributed by atoms with Crippen LogP contribution in [0.1, 0.15) is 24.8 Å². The molecule has 0 saturated heterocycles. The average Bonchev–Trinajstić information content (AvgIpc) is 3.43. The summed E-state index contributed by atoms with van der Waals surface area (Å²) in [7, 11) is 0. The number of nitrogens with zero attached hydrogens (tertiary/aromatic N) is 2. The van der Waals surface area contributed by atoms with E-state index in [9.17, 15) is 4.79 Å². The van der Waals surface area contributed by atoms with Crippen molar-refractivity contribution >= 4 is 11.6 Å². The second-order valence-corrected chi connectivity index (χ2v) is 6.14. The molecule has 5 heteroatoms. The summed E-state index contributed by atoms with van der Waals surface area (Å²) < 4.78 is 11.2. The summed E-state index contributed by atoms with van der Waals surface area (Å²) in [5.74, 6) is 2.08. The lowest BCUT2D eigenvalue weighted by Gasteiger charge is -2.21. The number of carbonyl (C=O) groups excluding carboxylic acids is 1. The third kappa shape index (κ3) is 2.70. The largest absolute Gasteiger partial charge is 0.486 e. The van der Waals surface area contributed by atoms with Crippen LogP contribution in [0.15, 0.2) is 42.7 Å². The van der Waals surface area contributed by atoms with E-state index in [1.807, 2.05) is 42.2 Å². The fraction of sp³-hybridized carbons (Fsp3) is 0.368. The SMILES string of the molecule is CCN(C(=O)[C@H]1C[C@H]1c1ccc2c(c1)OCCO2)c1ccncc1. The number of ether oxygens (including phenoxy) is 2. The van der Waals surface area contributed by atoms with Gasteiger partial charge >= 0.3 is 0 Å². The van der Waals surface area contributed by atoms with Gasteiger partial charge < -0.3 is 14.4 Å². The molecule has 2 heterocycles. The van der Waals surface area contributed by atoms with Gasteiger partial charge in [-0.2, -0.15) is 0 Å². The topological polar surface area (TPSA) is 51.7 Å². The molecule has 1 aromatic heterocycles. The second-order valence-electron chi connectivity index (χ2n) is 6.14. The number of anilines is 1. The third-order valence-corrected chi connectivity index (χ3v) is 4.66. The Labute approximate surface area is 141 Å². The maximum Gasteiger partial charge on any atom is 0.230 e. The Kier molecular flexibility index (Phi) is 3.84. The minimum atomic E-state index is 0.0423. The molecule has 4 rings (SSSR count). The standard InChI is InChI=1S/C19H20N2O3/c1-2-21(14-5-7-20-8-6-14)19(22)16-12-15(16)13-3-4-17-18(11-13)24-10-9-23-17/h3-8,11,15-16H,2,9-10,12H2,1H3/t15-,16-/m0/s1. The molecular weight excluding hydrogens is 304 g/mol. The first-order chi connectivity index (χ1) is 11.8. The predicted octanol–water partition coefficient (Wildman–Crippen LogP) is 3.01. The molecule has 2 atom stereocenters. The molecule has 0 bridgehead atoms. The van der Waals surface area contributed by atoms with Gasteiger partial charge in [0.25, 0.3) is 0 Å². The van der Waals surface area contributed by atoms with Crippen LogP contribution in [-0.2, 0) is 4.79 Å². The van der Waals surface area contributed by atoms with Gasteiger partial charge in [0.15, 0.2) is 11.5 Å². The van der Waals surface area contributed by atoms with Crippen LogP contribution in [0.25, 0.3) is 0 Å². The summed E-state index contributed by atoms with van der Waals surface area (Å²) in [6.45, 7) is 3.83. The minimum absolute atomic E-state index is 0.0423. The zero-order chi connectivity index (χ0) is 16.5. The summed E-state index contributed by atoms with van der Waals surface area (Å²) in [6, 6.07) is 9.78. The van der Waals surface area contributed by atoms with Crippen LogP contribution in [-0.4, -0.2) is 30.6 Å². The van der Waals surface area contributed by atoms with E-state index >= 15 is 0 Å². The van der Waals surface area contributed by atoms with Crippen LogP contribution in [0, 0.1) is 5.92 Å². The van der Waals surface area contributed by atoms with E-state index < -0.39 is 0 Å². The van der Waals surface area contributed by atoms with Crippen molar-refractivity contribution in [1.82, 2.24) is 4.98 Å². The summed E-state index contributed by atoms with van der Waals surface area (Å²) in [4.78, 5) is 18.7. The zero-order valence-corrected chi connectivity index (χ0v) is 13.6. The maximum atomic E-state index is 12.9. The van der Waals surface area contributed by atoms with Crippen molar-refractivity contribution in [1.29, 1.82) is 0 Å². The van der Waals surface area contributed by atoms with Gasteiger partial charge in [-0.05, 0) is 49.1 Å². The molecule has 1 aliphatic carbocycles. The Hall–Kier alpha value is -2.56. The van der Waals surface area contributed by atoms with Crippen molar-refractivity contribution in [3.63, 3.8) is 0 Å². The predicted molar refractivity (Wildman–Crippen MR) is 90.5 cm³/mol. The van der Waals surface area contributed by atoms with Crippen LogP contribution < -0.4 is 14.4 Å². The van der Waals surface area contributed by atoms with E-state index in [1.54, 1.807) is 12.4 Å². The molecule has 1 fully saturated rings. The second kappa shape index (κ2) is 6.15. The van der Waals surface area contributed by atoms with E-state index in [0.29, 0.717) is 19.8 Å². The Morgan fingerprint density at radius 2 is 1.92 bits per heavy atom. The number of benzene rings is 1. The van der Waals surface area contributed by atoms with Gasteiger partial charge in [0.2, 0.25) is 5.91 Å². The highest BCUT2D eigenvalue weighted by Crippen LogP contribution is 2.50. The summed E-state index contributed by atoms with van der Waals surface area (Å²) in [5, 5.41) is 0. The molecule has 2 aromatic rings. The first kappa shape index (κ1) is 15.0. The number of carbonyl (C=O) groups is 1. The normalized spacial score (nSPS) is 21.2. The number of fused-ring (bicyclic) bond motifs is 1. The summed E-state index contributed by atoms with van der Waals surface area (Å²) in [5.41, 5.74) is 2.06. The summed E-state index contributed by atoms with van der Waals surface area (Å²) in [6.07, 6.45) is 4.33.